The summed E-state index contributed by atoms with van der Waals surface area (Å²) in [6.45, 7) is 4.75. The lowest BCUT2D eigenvalue weighted by Gasteiger charge is -2.24. The number of hydrogen-bond acceptors (Lipinski definition) is 10. The van der Waals surface area contributed by atoms with Crippen LogP contribution in [0.1, 0.15) is 25.6 Å². The Morgan fingerprint density at radius 2 is 1.97 bits per heavy atom. The standard InChI is InChI=1S/C21H23N5O6/c1-21(2)31-16-14(7-27-6-11-3-4-12-13(5-11)29-10-28-12)30-20(17(16)32-21)26-9-25-15-18(22)23-8-24-19(15)26/h3-5,8-9,14,16-17,20H,6-7,10H2,1-2H3,(H2,22,23,24)/t14-,16-,17-,20-/m1/s1. The van der Waals surface area contributed by atoms with Gasteiger partial charge in [0.05, 0.1) is 19.5 Å². The highest BCUT2D eigenvalue weighted by Gasteiger charge is 2.56. The average Bonchev–Trinajstić information content (AvgIpc) is 3.51. The predicted octanol–water partition coefficient (Wildman–Crippen LogP) is 1.77. The molecule has 168 valence electrons. The van der Waals surface area contributed by atoms with Gasteiger partial charge in [0.25, 0.3) is 0 Å². The Morgan fingerprint density at radius 1 is 1.12 bits per heavy atom. The fraction of sp³-hybridized carbons (Fsp3) is 0.476. The molecule has 3 aliphatic rings. The van der Waals surface area contributed by atoms with Crippen molar-refractivity contribution in [2.75, 3.05) is 19.1 Å². The molecule has 2 aromatic heterocycles. The van der Waals surface area contributed by atoms with Crippen LogP contribution in [0.4, 0.5) is 5.82 Å². The third kappa shape index (κ3) is 3.25. The van der Waals surface area contributed by atoms with E-state index in [4.69, 9.17) is 34.2 Å². The summed E-state index contributed by atoms with van der Waals surface area (Å²) in [4.78, 5) is 12.7. The maximum atomic E-state index is 6.33. The van der Waals surface area contributed by atoms with Crippen LogP contribution in [0.3, 0.4) is 0 Å². The van der Waals surface area contributed by atoms with Gasteiger partial charge in [0.15, 0.2) is 35.0 Å². The molecule has 6 rings (SSSR count). The lowest BCUT2D eigenvalue weighted by molar-refractivity contribution is -0.202. The number of nitrogen functional groups attached to an aromatic ring is 1. The van der Waals surface area contributed by atoms with Gasteiger partial charge in [0.2, 0.25) is 6.79 Å². The highest BCUT2D eigenvalue weighted by molar-refractivity contribution is 5.81. The Balaban J connectivity index is 1.20. The first-order valence-electron chi connectivity index (χ1n) is 10.4. The first-order valence-corrected chi connectivity index (χ1v) is 10.4. The molecule has 32 heavy (non-hydrogen) atoms. The fourth-order valence-corrected chi connectivity index (χ4v) is 4.40. The molecule has 5 heterocycles. The Hall–Kier alpha value is -2.99. The van der Waals surface area contributed by atoms with Crippen LogP contribution in [0, 0.1) is 0 Å². The fourth-order valence-electron chi connectivity index (χ4n) is 4.40. The second-order valence-corrected chi connectivity index (χ2v) is 8.42. The maximum absolute atomic E-state index is 6.33. The molecule has 11 nitrogen and oxygen atoms in total. The number of hydrogen-bond donors (Lipinski definition) is 1. The zero-order valence-electron chi connectivity index (χ0n) is 17.6. The van der Waals surface area contributed by atoms with Gasteiger partial charge in [-0.3, -0.25) is 4.57 Å². The summed E-state index contributed by atoms with van der Waals surface area (Å²) in [6.07, 6.45) is 1.57. The molecule has 3 aromatic rings. The molecule has 3 aliphatic heterocycles. The summed E-state index contributed by atoms with van der Waals surface area (Å²) in [6, 6.07) is 5.76. The summed E-state index contributed by atoms with van der Waals surface area (Å²) in [5, 5.41) is 0. The molecule has 11 heteroatoms. The van der Waals surface area contributed by atoms with E-state index in [2.05, 4.69) is 15.0 Å². The molecule has 0 aliphatic carbocycles. The summed E-state index contributed by atoms with van der Waals surface area (Å²) >= 11 is 0. The SMILES string of the molecule is CC1(C)O[C@@H]2[C@H](O1)[C@@H](COCc1ccc3c(c1)OCO3)O[C@H]2n1cnc2c(N)ncnc21. The second kappa shape index (κ2) is 7.27. The summed E-state index contributed by atoms with van der Waals surface area (Å²) in [7, 11) is 0. The van der Waals surface area contributed by atoms with Crippen LogP contribution in [0.2, 0.25) is 0 Å². The number of imidazole rings is 1. The molecule has 0 amide bonds. The number of rotatable bonds is 5. The second-order valence-electron chi connectivity index (χ2n) is 8.42. The van der Waals surface area contributed by atoms with Gasteiger partial charge in [-0.1, -0.05) is 6.07 Å². The number of anilines is 1. The normalized spacial score (nSPS) is 27.8. The van der Waals surface area contributed by atoms with Crippen LogP contribution in [-0.4, -0.2) is 57.0 Å². The van der Waals surface area contributed by atoms with Crippen molar-refractivity contribution in [3.05, 3.63) is 36.4 Å². The molecule has 1 aromatic carbocycles. The molecule has 2 saturated heterocycles. The average molecular weight is 441 g/mol. The van der Waals surface area contributed by atoms with Crippen LogP contribution in [0.25, 0.3) is 11.2 Å². The van der Waals surface area contributed by atoms with E-state index in [9.17, 15) is 0 Å². The van der Waals surface area contributed by atoms with Gasteiger partial charge in [-0.25, -0.2) is 15.0 Å². The molecule has 0 unspecified atom stereocenters. The predicted molar refractivity (Wildman–Crippen MR) is 110 cm³/mol. The number of aromatic nitrogens is 4. The Morgan fingerprint density at radius 3 is 2.88 bits per heavy atom. The molecule has 2 fully saturated rings. The lowest BCUT2D eigenvalue weighted by Crippen LogP contribution is -2.32. The van der Waals surface area contributed by atoms with Crippen molar-refractivity contribution in [2.45, 2.75) is 50.8 Å². The molecule has 0 spiro atoms. The molecule has 0 radical (unpaired) electrons. The van der Waals surface area contributed by atoms with Gasteiger partial charge < -0.3 is 34.2 Å². The van der Waals surface area contributed by atoms with Gasteiger partial charge in [-0.2, -0.15) is 0 Å². The highest BCUT2D eigenvalue weighted by atomic mass is 16.8. The van der Waals surface area contributed by atoms with E-state index < -0.39 is 12.0 Å². The van der Waals surface area contributed by atoms with Crippen molar-refractivity contribution in [1.82, 2.24) is 19.5 Å². The van der Waals surface area contributed by atoms with Gasteiger partial charge in [-0.15, -0.1) is 0 Å². The van der Waals surface area contributed by atoms with Crippen molar-refractivity contribution in [3.63, 3.8) is 0 Å². The van der Waals surface area contributed by atoms with E-state index in [0.717, 1.165) is 17.1 Å². The van der Waals surface area contributed by atoms with Gasteiger partial charge >= 0.3 is 0 Å². The molecular formula is C21H23N5O6. The quantitative estimate of drug-likeness (QED) is 0.626. The van der Waals surface area contributed by atoms with Crippen molar-refractivity contribution >= 4 is 17.0 Å². The molecule has 0 bridgehead atoms. The van der Waals surface area contributed by atoms with Crippen LogP contribution in [-0.2, 0) is 25.6 Å². The minimum Gasteiger partial charge on any atom is -0.454 e. The van der Waals surface area contributed by atoms with Crippen molar-refractivity contribution < 1.29 is 28.4 Å². The summed E-state index contributed by atoms with van der Waals surface area (Å²) < 4.78 is 37.2. The van der Waals surface area contributed by atoms with E-state index in [1.165, 1.54) is 6.33 Å². The number of benzene rings is 1. The summed E-state index contributed by atoms with van der Waals surface area (Å²) in [5.74, 6) is 1.05. The zero-order chi connectivity index (χ0) is 21.9. The number of nitrogens with two attached hydrogens (primary N) is 1. The maximum Gasteiger partial charge on any atom is 0.231 e. The monoisotopic (exact) mass is 441 g/mol. The lowest BCUT2D eigenvalue weighted by atomic mass is 10.1. The van der Waals surface area contributed by atoms with E-state index in [0.29, 0.717) is 30.2 Å². The Bertz CT molecular complexity index is 1170. The third-order valence-electron chi connectivity index (χ3n) is 5.77. The molecule has 0 saturated carbocycles. The van der Waals surface area contributed by atoms with Crippen LogP contribution in [0.15, 0.2) is 30.9 Å². The van der Waals surface area contributed by atoms with E-state index in [-0.39, 0.29) is 25.1 Å². The van der Waals surface area contributed by atoms with Crippen LogP contribution < -0.4 is 15.2 Å². The molecule has 4 atom stereocenters. The Labute approximate surface area is 183 Å². The van der Waals surface area contributed by atoms with E-state index in [1.807, 2.05) is 36.6 Å². The smallest absolute Gasteiger partial charge is 0.231 e. The van der Waals surface area contributed by atoms with Crippen molar-refractivity contribution in [3.8, 4) is 11.5 Å². The van der Waals surface area contributed by atoms with Crippen molar-refractivity contribution in [1.29, 1.82) is 0 Å². The minimum absolute atomic E-state index is 0.243. The van der Waals surface area contributed by atoms with Crippen LogP contribution in [0.5, 0.6) is 11.5 Å². The van der Waals surface area contributed by atoms with Gasteiger partial charge in [0, 0.05) is 0 Å². The molecule has 2 N–H and O–H groups in total. The van der Waals surface area contributed by atoms with Gasteiger partial charge in [-0.05, 0) is 31.5 Å². The van der Waals surface area contributed by atoms with E-state index >= 15 is 0 Å². The highest BCUT2D eigenvalue weighted by Crippen LogP contribution is 2.44. The zero-order valence-corrected chi connectivity index (χ0v) is 17.6. The van der Waals surface area contributed by atoms with E-state index in [1.54, 1.807) is 6.33 Å². The van der Waals surface area contributed by atoms with Gasteiger partial charge in [0.1, 0.15) is 30.2 Å². The van der Waals surface area contributed by atoms with Crippen molar-refractivity contribution in [2.24, 2.45) is 0 Å². The van der Waals surface area contributed by atoms with Crippen LogP contribution >= 0.6 is 0 Å². The molecular weight excluding hydrogens is 418 g/mol. The largest absolute Gasteiger partial charge is 0.454 e. The Kier molecular flexibility index (Phi) is 4.47. The summed E-state index contributed by atoms with van der Waals surface area (Å²) in [5.41, 5.74) is 8.02. The number of ether oxygens (including phenoxy) is 6. The first-order chi connectivity index (χ1) is 15.5. The number of fused-ring (bicyclic) bond motifs is 3. The number of nitrogens with zero attached hydrogens (tertiary/aromatic N) is 4. The minimum atomic E-state index is -0.739. The first kappa shape index (κ1) is 19.7. The third-order valence-corrected chi connectivity index (χ3v) is 5.77. The topological polar surface area (TPSA) is 125 Å².